The van der Waals surface area contributed by atoms with Crippen LogP contribution >= 0.6 is 22.2 Å². The Morgan fingerprint density at radius 1 is 0.812 bits per heavy atom. The van der Waals surface area contributed by atoms with Crippen LogP contribution in [0.1, 0.15) is 37.7 Å². The van der Waals surface area contributed by atoms with Crippen LogP contribution in [-0.4, -0.2) is 7.42 Å². The van der Waals surface area contributed by atoms with E-state index in [1.165, 1.54) is 44.1 Å². The molecule has 0 aliphatic heterocycles. The molecule has 0 spiro atoms. The number of aryl methyl sites for hydroxylation is 1. The zero-order valence-corrected chi connectivity index (χ0v) is 12.3. The van der Waals surface area contributed by atoms with Crippen LogP contribution in [-0.2, 0) is 6.42 Å². The molecule has 1 rings (SSSR count). The van der Waals surface area contributed by atoms with E-state index in [0.717, 1.165) is 6.04 Å². The van der Waals surface area contributed by atoms with Crippen LogP contribution in [0.2, 0.25) is 6.04 Å². The number of hydrogen-bond acceptors (Lipinski definition) is 0. The molecule has 3 heteroatoms. The third-order valence-corrected chi connectivity index (χ3v) is 4.88. The first-order chi connectivity index (χ1) is 7.79. The van der Waals surface area contributed by atoms with Gasteiger partial charge in [0.25, 0.3) is 0 Å². The molecule has 0 radical (unpaired) electrons. The number of rotatable bonds is 8. The highest BCUT2D eigenvalue weighted by molar-refractivity contribution is 7.33. The normalized spacial score (nSPS) is 10.9. The average molecular weight is 275 g/mol. The molecule has 90 valence electrons. The maximum Gasteiger partial charge on any atom is 0.237 e. The van der Waals surface area contributed by atoms with Gasteiger partial charge in [-0.25, -0.2) is 0 Å². The van der Waals surface area contributed by atoms with Crippen molar-refractivity contribution in [2.75, 3.05) is 0 Å². The lowest BCUT2D eigenvalue weighted by Gasteiger charge is -2.02. The van der Waals surface area contributed by atoms with Crippen molar-refractivity contribution in [1.82, 2.24) is 0 Å². The molecule has 0 aliphatic rings. The second kappa shape index (κ2) is 9.09. The summed E-state index contributed by atoms with van der Waals surface area (Å²) in [5, 5.41) is 0. The summed E-state index contributed by atoms with van der Waals surface area (Å²) < 4.78 is 0. The predicted molar refractivity (Wildman–Crippen MR) is 76.9 cm³/mol. The summed E-state index contributed by atoms with van der Waals surface area (Å²) in [4.78, 5) is 0. The van der Waals surface area contributed by atoms with Gasteiger partial charge in [-0.05, 0) is 24.4 Å². The van der Waals surface area contributed by atoms with Crippen molar-refractivity contribution in [3.05, 3.63) is 35.9 Å². The van der Waals surface area contributed by atoms with Crippen LogP contribution in [0.3, 0.4) is 0 Å². The Labute approximate surface area is 110 Å². The van der Waals surface area contributed by atoms with E-state index in [2.05, 4.69) is 30.3 Å². The molecule has 0 aromatic heterocycles. The lowest BCUT2D eigenvalue weighted by atomic mass is 10.1. The third kappa shape index (κ3) is 7.32. The SMILES string of the molecule is Cl[SiH](Cl)CCCCCCCc1ccccc1. The smallest absolute Gasteiger partial charge is 0.150 e. The van der Waals surface area contributed by atoms with Crippen molar-refractivity contribution in [3.8, 4) is 0 Å². The highest BCUT2D eigenvalue weighted by atomic mass is 35.7. The van der Waals surface area contributed by atoms with Gasteiger partial charge in [0.2, 0.25) is 7.42 Å². The monoisotopic (exact) mass is 274 g/mol. The maximum atomic E-state index is 5.80. The minimum atomic E-state index is -1.33. The minimum Gasteiger partial charge on any atom is -0.150 e. The largest absolute Gasteiger partial charge is 0.237 e. The molecule has 0 unspecified atom stereocenters. The first kappa shape index (κ1) is 14.1. The van der Waals surface area contributed by atoms with Gasteiger partial charge < -0.3 is 0 Å². The van der Waals surface area contributed by atoms with Crippen molar-refractivity contribution in [1.29, 1.82) is 0 Å². The predicted octanol–water partition coefficient (Wildman–Crippen LogP) is 4.88. The molecule has 1 aromatic carbocycles. The van der Waals surface area contributed by atoms with Gasteiger partial charge in [-0.1, -0.05) is 56.0 Å². The van der Waals surface area contributed by atoms with E-state index in [9.17, 15) is 0 Å². The van der Waals surface area contributed by atoms with E-state index in [0.29, 0.717) is 0 Å². The first-order valence-electron chi connectivity index (χ1n) is 6.11. The summed E-state index contributed by atoms with van der Waals surface area (Å²) in [7, 11) is -1.33. The summed E-state index contributed by atoms with van der Waals surface area (Å²) >= 11 is 11.6. The molecule has 1 aromatic rings. The van der Waals surface area contributed by atoms with Crippen LogP contribution in [0, 0.1) is 0 Å². The van der Waals surface area contributed by atoms with Crippen molar-refractivity contribution >= 4 is 29.6 Å². The highest BCUT2D eigenvalue weighted by Gasteiger charge is 2.00. The van der Waals surface area contributed by atoms with E-state index in [-0.39, 0.29) is 0 Å². The summed E-state index contributed by atoms with van der Waals surface area (Å²) in [6, 6.07) is 11.8. The minimum absolute atomic E-state index is 1.07. The Bertz CT molecular complexity index is 262. The van der Waals surface area contributed by atoms with Gasteiger partial charge in [0, 0.05) is 0 Å². The van der Waals surface area contributed by atoms with Crippen molar-refractivity contribution in [3.63, 3.8) is 0 Å². The quantitative estimate of drug-likeness (QED) is 0.360. The molecule has 0 atom stereocenters. The van der Waals surface area contributed by atoms with Gasteiger partial charge in [-0.2, -0.15) is 22.2 Å². The van der Waals surface area contributed by atoms with Crippen LogP contribution in [0.4, 0.5) is 0 Å². The van der Waals surface area contributed by atoms with E-state index in [1.54, 1.807) is 0 Å². The molecule has 0 saturated carbocycles. The van der Waals surface area contributed by atoms with Gasteiger partial charge in [-0.15, -0.1) is 0 Å². The Hall–Kier alpha value is 0.0169. The van der Waals surface area contributed by atoms with E-state index in [4.69, 9.17) is 22.2 Å². The van der Waals surface area contributed by atoms with Gasteiger partial charge in [-0.3, -0.25) is 0 Å². The fraction of sp³-hybridized carbons (Fsp3) is 0.538. The average Bonchev–Trinajstić information content (AvgIpc) is 2.29. The van der Waals surface area contributed by atoms with Crippen LogP contribution in [0.5, 0.6) is 0 Å². The second-order valence-corrected chi connectivity index (χ2v) is 9.37. The van der Waals surface area contributed by atoms with Gasteiger partial charge in [0.15, 0.2) is 0 Å². The Balaban J connectivity index is 1.93. The summed E-state index contributed by atoms with van der Waals surface area (Å²) in [6.07, 6.45) is 7.66. The van der Waals surface area contributed by atoms with Crippen molar-refractivity contribution in [2.45, 2.75) is 44.6 Å². The number of halogens is 2. The molecule has 0 amide bonds. The topological polar surface area (TPSA) is 0 Å². The molecular formula is C13H20Cl2Si. The molecule has 0 nitrogen and oxygen atoms in total. The van der Waals surface area contributed by atoms with Gasteiger partial charge in [0.05, 0.1) is 0 Å². The molecule has 0 heterocycles. The lowest BCUT2D eigenvalue weighted by Crippen LogP contribution is -1.91. The van der Waals surface area contributed by atoms with E-state index >= 15 is 0 Å². The summed E-state index contributed by atoms with van der Waals surface area (Å²) in [5.41, 5.74) is 1.46. The molecule has 0 fully saturated rings. The van der Waals surface area contributed by atoms with E-state index < -0.39 is 7.42 Å². The molecule has 0 N–H and O–H groups in total. The maximum absolute atomic E-state index is 5.80. The fourth-order valence-electron chi connectivity index (χ4n) is 1.80. The van der Waals surface area contributed by atoms with Crippen LogP contribution < -0.4 is 0 Å². The number of hydrogen-bond donors (Lipinski definition) is 0. The molecule has 16 heavy (non-hydrogen) atoms. The lowest BCUT2D eigenvalue weighted by molar-refractivity contribution is 0.631. The Kier molecular flexibility index (Phi) is 8.00. The number of unbranched alkanes of at least 4 members (excludes halogenated alkanes) is 4. The van der Waals surface area contributed by atoms with Gasteiger partial charge >= 0.3 is 0 Å². The zero-order valence-electron chi connectivity index (χ0n) is 9.67. The highest BCUT2D eigenvalue weighted by Crippen LogP contribution is 2.13. The Morgan fingerprint density at radius 2 is 1.44 bits per heavy atom. The number of benzene rings is 1. The van der Waals surface area contributed by atoms with Gasteiger partial charge in [0.1, 0.15) is 0 Å². The standard InChI is InChI=1S/C13H20Cl2Si/c14-16(15)12-8-3-1-2-5-9-13-10-6-4-7-11-13/h4,6-7,10-11,16H,1-3,5,8-9,12H2. The Morgan fingerprint density at radius 3 is 2.12 bits per heavy atom. The van der Waals surface area contributed by atoms with Crippen LogP contribution in [0.15, 0.2) is 30.3 Å². The molecular weight excluding hydrogens is 255 g/mol. The summed E-state index contributed by atoms with van der Waals surface area (Å²) in [6.45, 7) is 0. The van der Waals surface area contributed by atoms with Crippen molar-refractivity contribution < 1.29 is 0 Å². The molecule has 0 aliphatic carbocycles. The van der Waals surface area contributed by atoms with Crippen molar-refractivity contribution in [2.24, 2.45) is 0 Å². The molecule has 0 saturated heterocycles. The summed E-state index contributed by atoms with van der Waals surface area (Å²) in [5.74, 6) is 0. The van der Waals surface area contributed by atoms with E-state index in [1.807, 2.05) is 0 Å². The third-order valence-electron chi connectivity index (χ3n) is 2.73. The first-order valence-corrected chi connectivity index (χ1v) is 10.4. The molecule has 0 bridgehead atoms. The zero-order chi connectivity index (χ0) is 11.6. The second-order valence-electron chi connectivity index (χ2n) is 4.18. The van der Waals surface area contributed by atoms with Crippen LogP contribution in [0.25, 0.3) is 0 Å². The fourth-order valence-corrected chi connectivity index (χ4v) is 3.33.